The molecule has 1 aromatic carbocycles. The fraction of sp³-hybridized carbons (Fsp3) is 0.143. The van der Waals surface area contributed by atoms with E-state index in [-0.39, 0.29) is 5.91 Å². The number of aromatic nitrogens is 1. The minimum Gasteiger partial charge on any atom is -0.495 e. The summed E-state index contributed by atoms with van der Waals surface area (Å²) < 4.78 is 5.18. The molecular formula is C14H15N3O2. The number of ether oxygens (including phenoxy) is 1. The molecule has 19 heavy (non-hydrogen) atoms. The Labute approximate surface area is 111 Å². The van der Waals surface area contributed by atoms with E-state index >= 15 is 0 Å². The summed E-state index contributed by atoms with van der Waals surface area (Å²) >= 11 is 0. The molecule has 98 valence electrons. The predicted octanol–water partition coefficient (Wildman–Crippen LogP) is 2.38. The van der Waals surface area contributed by atoms with Crippen molar-refractivity contribution in [1.82, 2.24) is 4.98 Å². The highest BCUT2D eigenvalue weighted by atomic mass is 16.5. The number of benzene rings is 1. The number of amides is 1. The van der Waals surface area contributed by atoms with E-state index in [0.29, 0.717) is 17.1 Å². The van der Waals surface area contributed by atoms with E-state index in [2.05, 4.69) is 15.6 Å². The molecule has 0 aliphatic heterocycles. The summed E-state index contributed by atoms with van der Waals surface area (Å²) in [5.41, 5.74) is 1.80. The molecule has 0 saturated heterocycles. The van der Waals surface area contributed by atoms with Crippen molar-refractivity contribution >= 4 is 17.3 Å². The molecule has 0 fully saturated rings. The normalized spacial score (nSPS) is 9.79. The van der Waals surface area contributed by atoms with Crippen LogP contribution in [0.1, 0.15) is 10.5 Å². The van der Waals surface area contributed by atoms with E-state index in [9.17, 15) is 4.79 Å². The van der Waals surface area contributed by atoms with Gasteiger partial charge in [0.25, 0.3) is 5.91 Å². The third-order valence-electron chi connectivity index (χ3n) is 2.64. The van der Waals surface area contributed by atoms with Crippen molar-refractivity contribution in [3.63, 3.8) is 0 Å². The fourth-order valence-corrected chi connectivity index (χ4v) is 1.64. The fourth-order valence-electron chi connectivity index (χ4n) is 1.64. The average Bonchev–Trinajstić information content (AvgIpc) is 2.47. The first-order valence-corrected chi connectivity index (χ1v) is 5.83. The maximum absolute atomic E-state index is 12.1. The van der Waals surface area contributed by atoms with Gasteiger partial charge in [-0.3, -0.25) is 9.78 Å². The number of pyridine rings is 1. The van der Waals surface area contributed by atoms with Crippen LogP contribution in [0.25, 0.3) is 0 Å². The second kappa shape index (κ2) is 5.86. The molecule has 1 aromatic heterocycles. The van der Waals surface area contributed by atoms with E-state index in [4.69, 9.17) is 4.74 Å². The van der Waals surface area contributed by atoms with E-state index in [1.165, 1.54) is 0 Å². The summed E-state index contributed by atoms with van der Waals surface area (Å²) in [5, 5.41) is 5.74. The first-order valence-electron chi connectivity index (χ1n) is 5.83. The van der Waals surface area contributed by atoms with E-state index < -0.39 is 0 Å². The van der Waals surface area contributed by atoms with Crippen LogP contribution in [0.3, 0.4) is 0 Å². The van der Waals surface area contributed by atoms with Crippen molar-refractivity contribution in [3.8, 4) is 5.75 Å². The van der Waals surface area contributed by atoms with Crippen molar-refractivity contribution in [2.75, 3.05) is 24.8 Å². The van der Waals surface area contributed by atoms with Gasteiger partial charge in [-0.05, 0) is 24.3 Å². The summed E-state index contributed by atoms with van der Waals surface area (Å²) in [6, 6.07) is 10.7. The van der Waals surface area contributed by atoms with Gasteiger partial charge in [-0.25, -0.2) is 0 Å². The van der Waals surface area contributed by atoms with Gasteiger partial charge in [0.2, 0.25) is 0 Å². The lowest BCUT2D eigenvalue weighted by Gasteiger charge is -2.09. The molecule has 0 atom stereocenters. The molecule has 0 radical (unpaired) electrons. The molecule has 0 unspecified atom stereocenters. The highest BCUT2D eigenvalue weighted by molar-refractivity contribution is 6.04. The Bertz CT molecular complexity index is 584. The zero-order valence-corrected chi connectivity index (χ0v) is 10.8. The molecule has 2 aromatic rings. The number of anilines is 2. The maximum Gasteiger partial charge on any atom is 0.274 e. The van der Waals surface area contributed by atoms with Crippen LogP contribution in [0.4, 0.5) is 11.4 Å². The highest BCUT2D eigenvalue weighted by Gasteiger charge is 2.10. The van der Waals surface area contributed by atoms with Gasteiger partial charge in [0.05, 0.1) is 12.8 Å². The Hall–Kier alpha value is -2.56. The van der Waals surface area contributed by atoms with Crippen LogP contribution >= 0.6 is 0 Å². The molecule has 0 saturated carbocycles. The Morgan fingerprint density at radius 2 is 2.05 bits per heavy atom. The largest absolute Gasteiger partial charge is 0.495 e. The molecule has 2 rings (SSSR count). The second-order valence-electron chi connectivity index (χ2n) is 3.83. The van der Waals surface area contributed by atoms with Gasteiger partial charge in [-0.15, -0.1) is 0 Å². The molecule has 0 aliphatic rings. The number of nitrogens with zero attached hydrogens (tertiary/aromatic N) is 1. The average molecular weight is 257 g/mol. The SMILES string of the molecule is CNc1ccnc(C(=O)Nc2ccccc2OC)c1. The number of methoxy groups -OCH3 is 1. The molecule has 2 N–H and O–H groups in total. The van der Waals surface area contributed by atoms with Crippen LogP contribution in [-0.2, 0) is 0 Å². The molecular weight excluding hydrogens is 242 g/mol. The smallest absolute Gasteiger partial charge is 0.274 e. The molecule has 0 aliphatic carbocycles. The molecule has 1 heterocycles. The van der Waals surface area contributed by atoms with Crippen molar-refractivity contribution in [3.05, 3.63) is 48.3 Å². The van der Waals surface area contributed by atoms with E-state index in [1.807, 2.05) is 12.1 Å². The number of carbonyl (C=O) groups is 1. The van der Waals surface area contributed by atoms with Crippen LogP contribution in [0.2, 0.25) is 0 Å². The summed E-state index contributed by atoms with van der Waals surface area (Å²) in [7, 11) is 3.35. The van der Waals surface area contributed by atoms with Gasteiger partial charge >= 0.3 is 0 Å². The maximum atomic E-state index is 12.1. The van der Waals surface area contributed by atoms with Crippen molar-refractivity contribution in [1.29, 1.82) is 0 Å². The van der Waals surface area contributed by atoms with Gasteiger partial charge in [0.15, 0.2) is 0 Å². The van der Waals surface area contributed by atoms with Gasteiger partial charge < -0.3 is 15.4 Å². The number of rotatable bonds is 4. The lowest BCUT2D eigenvalue weighted by Crippen LogP contribution is -2.14. The predicted molar refractivity (Wildman–Crippen MR) is 74.7 cm³/mol. The second-order valence-corrected chi connectivity index (χ2v) is 3.83. The van der Waals surface area contributed by atoms with Gasteiger partial charge in [0.1, 0.15) is 11.4 Å². The van der Waals surface area contributed by atoms with Crippen molar-refractivity contribution < 1.29 is 9.53 Å². The van der Waals surface area contributed by atoms with Crippen LogP contribution in [0.15, 0.2) is 42.6 Å². The van der Waals surface area contributed by atoms with Crippen molar-refractivity contribution in [2.24, 2.45) is 0 Å². The first kappa shape index (κ1) is 12.9. The number of hydrogen-bond acceptors (Lipinski definition) is 4. The topological polar surface area (TPSA) is 63.2 Å². The van der Waals surface area contributed by atoms with Crippen LogP contribution in [0.5, 0.6) is 5.75 Å². The summed E-state index contributed by atoms with van der Waals surface area (Å²) in [4.78, 5) is 16.1. The Balaban J connectivity index is 2.20. The Kier molecular flexibility index (Phi) is 3.97. The van der Waals surface area contributed by atoms with Crippen LogP contribution in [-0.4, -0.2) is 25.0 Å². The van der Waals surface area contributed by atoms with E-state index in [1.54, 1.807) is 44.6 Å². The minimum atomic E-state index is -0.276. The number of hydrogen-bond donors (Lipinski definition) is 2. The standard InChI is InChI=1S/C14H15N3O2/c1-15-10-7-8-16-12(9-10)14(18)17-11-5-3-4-6-13(11)19-2/h3-9H,1-2H3,(H,15,16)(H,17,18). The summed E-state index contributed by atoms with van der Waals surface area (Å²) in [6.07, 6.45) is 1.59. The number of para-hydroxylation sites is 2. The molecule has 0 spiro atoms. The van der Waals surface area contributed by atoms with Gasteiger partial charge in [-0.1, -0.05) is 12.1 Å². The molecule has 1 amide bonds. The third-order valence-corrected chi connectivity index (χ3v) is 2.64. The first-order chi connectivity index (χ1) is 9.24. The minimum absolute atomic E-state index is 0.276. The Morgan fingerprint density at radius 3 is 2.79 bits per heavy atom. The Morgan fingerprint density at radius 1 is 1.26 bits per heavy atom. The molecule has 5 heteroatoms. The third kappa shape index (κ3) is 3.01. The quantitative estimate of drug-likeness (QED) is 0.882. The number of carbonyl (C=O) groups excluding carboxylic acids is 1. The summed E-state index contributed by atoms with van der Waals surface area (Å²) in [6.45, 7) is 0. The highest BCUT2D eigenvalue weighted by Crippen LogP contribution is 2.23. The number of nitrogens with one attached hydrogen (secondary N) is 2. The van der Waals surface area contributed by atoms with Crippen molar-refractivity contribution in [2.45, 2.75) is 0 Å². The monoisotopic (exact) mass is 257 g/mol. The van der Waals surface area contributed by atoms with Crippen LogP contribution < -0.4 is 15.4 Å². The summed E-state index contributed by atoms with van der Waals surface area (Å²) in [5.74, 6) is 0.335. The van der Waals surface area contributed by atoms with E-state index in [0.717, 1.165) is 5.69 Å². The lowest BCUT2D eigenvalue weighted by molar-refractivity contribution is 0.102. The van der Waals surface area contributed by atoms with Gasteiger partial charge in [-0.2, -0.15) is 0 Å². The van der Waals surface area contributed by atoms with Crippen LogP contribution in [0, 0.1) is 0 Å². The zero-order chi connectivity index (χ0) is 13.7. The lowest BCUT2D eigenvalue weighted by atomic mass is 10.2. The molecule has 5 nitrogen and oxygen atoms in total. The molecule has 0 bridgehead atoms. The zero-order valence-electron chi connectivity index (χ0n) is 10.8. The van der Waals surface area contributed by atoms with Gasteiger partial charge in [0, 0.05) is 18.9 Å².